The molecule has 0 aliphatic heterocycles. The molecule has 0 saturated heterocycles. The summed E-state index contributed by atoms with van der Waals surface area (Å²) in [7, 11) is -1.19. The molecule has 2 aromatic carbocycles. The Kier molecular flexibility index (Phi) is 5.31. The number of hydrogen-bond acceptors (Lipinski definition) is 7. The number of aromatic nitrogens is 3. The van der Waals surface area contributed by atoms with E-state index in [0.717, 1.165) is 5.56 Å². The minimum Gasteiger partial charge on any atom is -0.496 e. The van der Waals surface area contributed by atoms with Crippen molar-refractivity contribution in [2.24, 2.45) is 0 Å². The molecule has 0 bridgehead atoms. The molecule has 1 heterocycles. The average Bonchev–Trinajstić information content (AvgIpc) is 2.60. The van der Waals surface area contributed by atoms with E-state index >= 15 is 0 Å². The van der Waals surface area contributed by atoms with Crippen LogP contribution in [-0.2, 0) is 15.5 Å². The van der Waals surface area contributed by atoms with Crippen LogP contribution in [0.5, 0.6) is 5.75 Å². The summed E-state index contributed by atoms with van der Waals surface area (Å²) in [5.74, 6) is 0.705. The maximum Gasteiger partial charge on any atom is 0.230 e. The van der Waals surface area contributed by atoms with E-state index < -0.39 is 15.5 Å². The van der Waals surface area contributed by atoms with Gasteiger partial charge >= 0.3 is 0 Å². The first-order chi connectivity index (χ1) is 12.8. The maximum absolute atomic E-state index is 13.4. The van der Waals surface area contributed by atoms with Crippen LogP contribution in [0.25, 0.3) is 11.4 Å². The molecule has 0 aliphatic carbocycles. The minimum absolute atomic E-state index is 0.164. The summed E-state index contributed by atoms with van der Waals surface area (Å²) in [6.07, 6.45) is 2.75. The number of nitrogens with one attached hydrogen (secondary N) is 2. The average molecular weight is 387 g/mol. The highest BCUT2D eigenvalue weighted by Gasteiger charge is 2.11. The molecule has 0 unspecified atom stereocenters. The van der Waals surface area contributed by atoms with Gasteiger partial charge in [-0.15, -0.1) is 0 Å². The Morgan fingerprint density at radius 3 is 2.78 bits per heavy atom. The second-order valence-electron chi connectivity index (χ2n) is 5.95. The van der Waals surface area contributed by atoms with Crippen LogP contribution in [0.4, 0.5) is 16.0 Å². The van der Waals surface area contributed by atoms with Gasteiger partial charge in [-0.2, -0.15) is 4.98 Å². The van der Waals surface area contributed by atoms with Crippen LogP contribution in [0.3, 0.4) is 0 Å². The van der Waals surface area contributed by atoms with Crippen molar-refractivity contribution in [3.8, 4) is 17.1 Å². The molecule has 9 heteroatoms. The summed E-state index contributed by atoms with van der Waals surface area (Å²) in [6, 6.07) is 11.3. The maximum atomic E-state index is 13.4. The molecular weight excluding hydrogens is 369 g/mol. The highest BCUT2D eigenvalue weighted by atomic mass is 32.2. The van der Waals surface area contributed by atoms with E-state index in [0.29, 0.717) is 28.8 Å². The summed E-state index contributed by atoms with van der Waals surface area (Å²) in [5, 5.41) is 3.06. The molecular formula is C18H18FN5O2S. The van der Waals surface area contributed by atoms with Crippen LogP contribution >= 0.6 is 0 Å². The van der Waals surface area contributed by atoms with Crippen LogP contribution < -0.4 is 10.1 Å². The van der Waals surface area contributed by atoms with Crippen LogP contribution in [0, 0.1) is 10.6 Å². The minimum atomic E-state index is -2.63. The molecule has 0 saturated carbocycles. The first-order valence-electron chi connectivity index (χ1n) is 7.94. The van der Waals surface area contributed by atoms with Crippen molar-refractivity contribution < 1.29 is 13.3 Å². The van der Waals surface area contributed by atoms with Gasteiger partial charge in [0, 0.05) is 27.7 Å². The molecule has 2 N–H and O–H groups in total. The molecule has 3 rings (SSSR count). The smallest absolute Gasteiger partial charge is 0.230 e. The number of anilines is 2. The number of rotatable bonds is 6. The Morgan fingerprint density at radius 2 is 2.04 bits per heavy atom. The molecule has 0 fully saturated rings. The van der Waals surface area contributed by atoms with Crippen molar-refractivity contribution in [3.63, 3.8) is 0 Å². The Balaban J connectivity index is 1.88. The van der Waals surface area contributed by atoms with Gasteiger partial charge in [0.15, 0.2) is 5.82 Å². The predicted octanol–water partition coefficient (Wildman–Crippen LogP) is 3.61. The van der Waals surface area contributed by atoms with Gasteiger partial charge in [0.2, 0.25) is 5.95 Å². The zero-order valence-corrected chi connectivity index (χ0v) is 15.6. The number of benzene rings is 2. The summed E-state index contributed by atoms with van der Waals surface area (Å²) in [5.41, 5.74) is 2.01. The van der Waals surface area contributed by atoms with E-state index in [-0.39, 0.29) is 5.75 Å². The third-order valence-electron chi connectivity index (χ3n) is 3.60. The first kappa shape index (κ1) is 18.7. The fourth-order valence-electron chi connectivity index (χ4n) is 2.52. The number of halogens is 1. The van der Waals surface area contributed by atoms with E-state index in [9.17, 15) is 8.60 Å². The Hall–Kier alpha value is -3.07. The third kappa shape index (κ3) is 4.98. The van der Waals surface area contributed by atoms with Gasteiger partial charge in [-0.05, 0) is 29.8 Å². The summed E-state index contributed by atoms with van der Waals surface area (Å²) in [4.78, 5) is 12.6. The number of ether oxygens (including phenoxy) is 1. The lowest BCUT2D eigenvalue weighted by Gasteiger charge is -2.10. The van der Waals surface area contributed by atoms with Crippen LogP contribution in [0.1, 0.15) is 5.56 Å². The van der Waals surface area contributed by atoms with Crippen LogP contribution in [0.2, 0.25) is 0 Å². The van der Waals surface area contributed by atoms with Gasteiger partial charge in [0.1, 0.15) is 17.9 Å². The van der Waals surface area contributed by atoms with Crippen molar-refractivity contribution in [2.45, 2.75) is 5.75 Å². The van der Waals surface area contributed by atoms with Crippen molar-refractivity contribution in [1.29, 1.82) is 4.78 Å². The standard InChI is InChI=1S/C18H18FN5O2S/c1-26-16-9-13(19)6-7-15(16)17-21-11-22-18(24-17)23-14-5-3-4-12(8-14)10-27(2,20)25/h3-9,11,20H,10H2,1-2H3,(H,21,22,23,24)/t27-/m0/s1. The SMILES string of the molecule is COc1cc(F)ccc1-c1ncnc(Nc2cccc(C[S@@](C)(=N)=O)c2)n1. The number of nitrogens with zero attached hydrogens (tertiary/aromatic N) is 3. The highest BCUT2D eigenvalue weighted by Crippen LogP contribution is 2.28. The van der Waals surface area contributed by atoms with Gasteiger partial charge in [0.05, 0.1) is 18.4 Å². The lowest BCUT2D eigenvalue weighted by Crippen LogP contribution is -2.02. The van der Waals surface area contributed by atoms with Crippen LogP contribution in [-0.4, -0.2) is 32.5 Å². The van der Waals surface area contributed by atoms with Gasteiger partial charge in [-0.25, -0.2) is 18.6 Å². The summed E-state index contributed by atoms with van der Waals surface area (Å²) in [6.45, 7) is 0. The zero-order valence-electron chi connectivity index (χ0n) is 14.8. The molecule has 0 radical (unpaired) electrons. The lowest BCUT2D eigenvalue weighted by atomic mass is 10.2. The van der Waals surface area contributed by atoms with E-state index in [1.165, 1.54) is 31.8 Å². The topological polar surface area (TPSA) is 101 Å². The molecule has 1 aromatic heterocycles. The van der Waals surface area contributed by atoms with Crippen molar-refractivity contribution in [2.75, 3.05) is 18.7 Å². The van der Waals surface area contributed by atoms with E-state index in [1.54, 1.807) is 18.2 Å². The molecule has 140 valence electrons. The van der Waals surface area contributed by atoms with Crippen molar-refractivity contribution >= 4 is 21.4 Å². The summed E-state index contributed by atoms with van der Waals surface area (Å²) >= 11 is 0. The third-order valence-corrected chi connectivity index (χ3v) is 4.49. The van der Waals surface area contributed by atoms with Gasteiger partial charge in [-0.1, -0.05) is 12.1 Å². The fraction of sp³-hybridized carbons (Fsp3) is 0.167. The molecule has 7 nitrogen and oxygen atoms in total. The predicted molar refractivity (Wildman–Crippen MR) is 102 cm³/mol. The monoisotopic (exact) mass is 387 g/mol. The molecule has 3 aromatic rings. The molecule has 0 amide bonds. The molecule has 0 aliphatic rings. The van der Waals surface area contributed by atoms with Gasteiger partial charge < -0.3 is 10.1 Å². The lowest BCUT2D eigenvalue weighted by molar-refractivity contribution is 0.412. The largest absolute Gasteiger partial charge is 0.496 e. The van der Waals surface area contributed by atoms with E-state index in [2.05, 4.69) is 20.3 Å². The molecule has 0 spiro atoms. The van der Waals surface area contributed by atoms with E-state index in [1.807, 2.05) is 12.1 Å². The second-order valence-corrected chi connectivity index (χ2v) is 8.25. The second kappa shape index (κ2) is 7.67. The van der Waals surface area contributed by atoms with E-state index in [4.69, 9.17) is 9.52 Å². The zero-order chi connectivity index (χ0) is 19.4. The molecule has 1 atom stereocenters. The normalized spacial score (nSPS) is 13.0. The van der Waals surface area contributed by atoms with Gasteiger partial charge in [-0.3, -0.25) is 4.78 Å². The van der Waals surface area contributed by atoms with Crippen molar-refractivity contribution in [1.82, 2.24) is 15.0 Å². The highest BCUT2D eigenvalue weighted by molar-refractivity contribution is 7.90. The van der Waals surface area contributed by atoms with Gasteiger partial charge in [0.25, 0.3) is 0 Å². The van der Waals surface area contributed by atoms with Crippen LogP contribution in [0.15, 0.2) is 48.8 Å². The summed E-state index contributed by atoms with van der Waals surface area (Å²) < 4.78 is 37.8. The first-order valence-corrected chi connectivity index (χ1v) is 10.1. The van der Waals surface area contributed by atoms with Crippen molar-refractivity contribution in [3.05, 3.63) is 60.2 Å². The Morgan fingerprint density at radius 1 is 1.22 bits per heavy atom. The molecule has 27 heavy (non-hydrogen) atoms. The Bertz CT molecular complexity index is 1070. The fourth-order valence-corrected chi connectivity index (χ4v) is 3.34. The number of methoxy groups -OCH3 is 1. The Labute approximate surface area is 156 Å². The quantitative estimate of drug-likeness (QED) is 0.670. The number of hydrogen-bond donors (Lipinski definition) is 2.